The van der Waals surface area contributed by atoms with Gasteiger partial charge in [-0.3, -0.25) is 4.68 Å². The normalized spacial score (nSPS) is 20.4. The van der Waals surface area contributed by atoms with Crippen LogP contribution in [0.2, 0.25) is 0 Å². The minimum atomic E-state index is -1.85. The molecule has 1 unspecified atom stereocenters. The van der Waals surface area contributed by atoms with Gasteiger partial charge >= 0.3 is 5.97 Å². The molecule has 0 amide bonds. The van der Waals surface area contributed by atoms with E-state index in [2.05, 4.69) is 5.10 Å². The van der Waals surface area contributed by atoms with Crippen molar-refractivity contribution in [2.75, 3.05) is 0 Å². The Morgan fingerprint density at radius 1 is 1.71 bits per heavy atom. The van der Waals surface area contributed by atoms with Crippen LogP contribution in [0, 0.1) is 0 Å². The summed E-state index contributed by atoms with van der Waals surface area (Å²) in [6.45, 7) is 1.27. The van der Waals surface area contributed by atoms with Crippen LogP contribution < -0.4 is 0 Å². The van der Waals surface area contributed by atoms with Gasteiger partial charge in [0.15, 0.2) is 0 Å². The van der Waals surface area contributed by atoms with E-state index in [4.69, 9.17) is 5.11 Å². The van der Waals surface area contributed by atoms with Gasteiger partial charge in [0.1, 0.15) is 0 Å². The van der Waals surface area contributed by atoms with Crippen molar-refractivity contribution in [3.05, 3.63) is 18.0 Å². The van der Waals surface area contributed by atoms with Crippen LogP contribution in [0.15, 0.2) is 12.3 Å². The lowest BCUT2D eigenvalue weighted by Crippen LogP contribution is -2.34. The molecule has 1 aliphatic rings. The Morgan fingerprint density at radius 3 is 2.86 bits per heavy atom. The molecule has 0 bridgehead atoms. The Balaban J connectivity index is 2.39. The Kier molecular flexibility index (Phi) is 1.85. The second-order valence-electron chi connectivity index (χ2n) is 3.77. The average Bonchev–Trinajstić information content (AvgIpc) is 2.83. The van der Waals surface area contributed by atoms with E-state index in [1.807, 2.05) is 0 Å². The third-order valence-electron chi connectivity index (χ3n) is 2.48. The van der Waals surface area contributed by atoms with Crippen molar-refractivity contribution in [2.45, 2.75) is 31.4 Å². The molecule has 2 rings (SSSR count). The second kappa shape index (κ2) is 2.81. The Labute approximate surface area is 81.0 Å². The Hall–Kier alpha value is -1.36. The number of hydrogen-bond acceptors (Lipinski definition) is 3. The van der Waals surface area contributed by atoms with Crippen LogP contribution in [0.4, 0.5) is 0 Å². The first-order chi connectivity index (χ1) is 6.53. The first kappa shape index (κ1) is 9.21. The summed E-state index contributed by atoms with van der Waals surface area (Å²) in [6.07, 6.45) is 3.53. The van der Waals surface area contributed by atoms with Crippen molar-refractivity contribution in [3.8, 4) is 0 Å². The molecule has 5 heteroatoms. The monoisotopic (exact) mass is 196 g/mol. The maximum absolute atomic E-state index is 10.8. The SMILES string of the molecule is CC(O)(C(=O)O)c1ccnn1C1CC1. The zero-order valence-electron chi connectivity index (χ0n) is 7.84. The molecule has 1 fully saturated rings. The van der Waals surface area contributed by atoms with Gasteiger partial charge in [0.05, 0.1) is 11.7 Å². The first-order valence-electron chi connectivity index (χ1n) is 4.53. The summed E-state index contributed by atoms with van der Waals surface area (Å²) in [5.41, 5.74) is -1.49. The molecule has 5 nitrogen and oxygen atoms in total. The summed E-state index contributed by atoms with van der Waals surface area (Å²) in [7, 11) is 0. The lowest BCUT2D eigenvalue weighted by atomic mass is 10.0. The summed E-state index contributed by atoms with van der Waals surface area (Å²) in [5, 5.41) is 22.6. The van der Waals surface area contributed by atoms with Gasteiger partial charge in [-0.2, -0.15) is 5.10 Å². The fourth-order valence-electron chi connectivity index (χ4n) is 1.42. The molecule has 0 saturated heterocycles. The van der Waals surface area contributed by atoms with Gasteiger partial charge < -0.3 is 10.2 Å². The van der Waals surface area contributed by atoms with E-state index in [1.54, 1.807) is 10.7 Å². The highest BCUT2D eigenvalue weighted by atomic mass is 16.4. The molecule has 1 saturated carbocycles. The number of carboxylic acids is 1. The van der Waals surface area contributed by atoms with Crippen LogP contribution in [-0.4, -0.2) is 26.0 Å². The molecule has 1 aromatic heterocycles. The molecule has 0 spiro atoms. The topological polar surface area (TPSA) is 75.3 Å². The van der Waals surface area contributed by atoms with Crippen molar-refractivity contribution in [1.82, 2.24) is 9.78 Å². The zero-order chi connectivity index (χ0) is 10.3. The number of nitrogens with zero attached hydrogens (tertiary/aromatic N) is 2. The van der Waals surface area contributed by atoms with Crippen LogP contribution in [0.1, 0.15) is 31.5 Å². The van der Waals surface area contributed by atoms with Gasteiger partial charge in [-0.25, -0.2) is 4.79 Å². The highest BCUT2D eigenvalue weighted by molar-refractivity contribution is 5.77. The van der Waals surface area contributed by atoms with E-state index in [9.17, 15) is 9.90 Å². The largest absolute Gasteiger partial charge is 0.479 e. The van der Waals surface area contributed by atoms with Crippen LogP contribution in [0.5, 0.6) is 0 Å². The minimum Gasteiger partial charge on any atom is -0.479 e. The van der Waals surface area contributed by atoms with Gasteiger partial charge in [0, 0.05) is 6.20 Å². The van der Waals surface area contributed by atoms with Crippen molar-refractivity contribution in [3.63, 3.8) is 0 Å². The quantitative estimate of drug-likeness (QED) is 0.738. The maximum Gasteiger partial charge on any atom is 0.341 e. The predicted molar refractivity (Wildman–Crippen MR) is 47.7 cm³/mol. The second-order valence-corrected chi connectivity index (χ2v) is 3.77. The van der Waals surface area contributed by atoms with E-state index in [-0.39, 0.29) is 6.04 Å². The predicted octanol–water partition coefficient (Wildman–Crippen LogP) is 0.510. The summed E-state index contributed by atoms with van der Waals surface area (Å²) in [4.78, 5) is 10.8. The van der Waals surface area contributed by atoms with Crippen molar-refractivity contribution in [1.29, 1.82) is 0 Å². The molecule has 1 heterocycles. The third-order valence-corrected chi connectivity index (χ3v) is 2.48. The van der Waals surface area contributed by atoms with Gasteiger partial charge in [0.2, 0.25) is 5.60 Å². The van der Waals surface area contributed by atoms with Crippen LogP contribution in [0.25, 0.3) is 0 Å². The van der Waals surface area contributed by atoms with Crippen molar-refractivity contribution >= 4 is 5.97 Å². The van der Waals surface area contributed by atoms with Crippen molar-refractivity contribution < 1.29 is 15.0 Å². The van der Waals surface area contributed by atoms with Gasteiger partial charge in [0.25, 0.3) is 0 Å². The maximum atomic E-state index is 10.8. The highest BCUT2D eigenvalue weighted by Crippen LogP contribution is 2.37. The fourth-order valence-corrected chi connectivity index (χ4v) is 1.42. The molecule has 1 aromatic rings. The average molecular weight is 196 g/mol. The number of aromatic nitrogens is 2. The smallest absolute Gasteiger partial charge is 0.341 e. The van der Waals surface area contributed by atoms with E-state index < -0.39 is 11.6 Å². The molecule has 1 atom stereocenters. The lowest BCUT2D eigenvalue weighted by Gasteiger charge is -2.19. The number of aliphatic hydroxyl groups is 1. The van der Waals surface area contributed by atoms with Gasteiger partial charge in [-0.1, -0.05) is 0 Å². The standard InChI is InChI=1S/C9H12N2O3/c1-9(14,8(12)13)7-4-5-10-11(7)6-2-3-6/h4-6,14H,2-3H2,1H3,(H,12,13). The third kappa shape index (κ3) is 1.29. The van der Waals surface area contributed by atoms with Gasteiger partial charge in [-0.05, 0) is 25.8 Å². The number of carboxylic acid groups (broad SMARTS) is 1. The molecule has 2 N–H and O–H groups in total. The van der Waals surface area contributed by atoms with Gasteiger partial charge in [-0.15, -0.1) is 0 Å². The number of aliphatic carboxylic acids is 1. The van der Waals surface area contributed by atoms with Crippen LogP contribution in [0.3, 0.4) is 0 Å². The summed E-state index contributed by atoms with van der Waals surface area (Å²) < 4.78 is 1.61. The lowest BCUT2D eigenvalue weighted by molar-refractivity contribution is -0.158. The number of carbonyl (C=O) groups is 1. The summed E-state index contributed by atoms with van der Waals surface area (Å²) in [5.74, 6) is -1.25. The molecule has 0 aromatic carbocycles. The van der Waals surface area contributed by atoms with Crippen LogP contribution >= 0.6 is 0 Å². The molecular formula is C9H12N2O3. The Bertz CT molecular complexity index is 366. The van der Waals surface area contributed by atoms with E-state index >= 15 is 0 Å². The van der Waals surface area contributed by atoms with E-state index in [1.165, 1.54) is 13.1 Å². The van der Waals surface area contributed by atoms with E-state index in [0.29, 0.717) is 5.69 Å². The molecule has 0 radical (unpaired) electrons. The molecule has 14 heavy (non-hydrogen) atoms. The minimum absolute atomic E-state index is 0.269. The number of hydrogen-bond donors (Lipinski definition) is 2. The number of rotatable bonds is 3. The first-order valence-corrected chi connectivity index (χ1v) is 4.53. The Morgan fingerprint density at radius 2 is 2.36 bits per heavy atom. The van der Waals surface area contributed by atoms with E-state index in [0.717, 1.165) is 12.8 Å². The highest BCUT2D eigenvalue weighted by Gasteiger charge is 2.38. The molecule has 0 aliphatic heterocycles. The fraction of sp³-hybridized carbons (Fsp3) is 0.556. The van der Waals surface area contributed by atoms with Crippen molar-refractivity contribution in [2.24, 2.45) is 0 Å². The molecule has 1 aliphatic carbocycles. The molecular weight excluding hydrogens is 184 g/mol. The summed E-state index contributed by atoms with van der Waals surface area (Å²) >= 11 is 0. The summed E-state index contributed by atoms with van der Waals surface area (Å²) in [6, 6.07) is 1.82. The molecule has 76 valence electrons. The zero-order valence-corrected chi connectivity index (χ0v) is 7.84. The van der Waals surface area contributed by atoms with Crippen LogP contribution in [-0.2, 0) is 10.4 Å².